The predicted molar refractivity (Wildman–Crippen MR) is 126 cm³/mol. The second-order valence-electron chi connectivity index (χ2n) is 7.06. The fourth-order valence-electron chi connectivity index (χ4n) is 3.13. The Balaban J connectivity index is 1.67. The van der Waals surface area contributed by atoms with Crippen molar-refractivity contribution < 1.29 is 9.53 Å². The van der Waals surface area contributed by atoms with Crippen molar-refractivity contribution in [1.82, 2.24) is 14.3 Å². The van der Waals surface area contributed by atoms with E-state index in [0.29, 0.717) is 16.2 Å². The van der Waals surface area contributed by atoms with Crippen LogP contribution in [-0.4, -0.2) is 20.1 Å². The molecule has 0 spiro atoms. The van der Waals surface area contributed by atoms with E-state index in [9.17, 15) is 4.79 Å². The number of ketones is 1. The summed E-state index contributed by atoms with van der Waals surface area (Å²) in [4.78, 5) is 12.8. The number of hydrogen-bond acceptors (Lipinski definition) is 4. The maximum absolute atomic E-state index is 12.8. The smallest absolute Gasteiger partial charge is 0.203 e. The third kappa shape index (κ3) is 5.00. The molecule has 0 bridgehead atoms. The molecular weight excluding hydrogens is 474 g/mol. The molecule has 156 valence electrons. The minimum Gasteiger partial charge on any atom is -0.486 e. The number of Topliss-reactive ketones (excluding diaryl/α,β-unsaturated/α-hetero) is 1. The minimum atomic E-state index is -0.0623. The number of aromatic nitrogens is 3. The van der Waals surface area contributed by atoms with Crippen LogP contribution in [0.2, 0.25) is 0 Å². The van der Waals surface area contributed by atoms with Crippen LogP contribution in [0, 0.1) is 11.7 Å². The monoisotopic (exact) mass is 493 g/mol. The SMILES string of the molecule is Cc1ccc(-n2c(COc3ccccc3)nn(CC(=O)c3ccc(Br)cc3)c2=S)cc1. The molecule has 31 heavy (non-hydrogen) atoms. The lowest BCUT2D eigenvalue weighted by molar-refractivity contribution is 0.0966. The summed E-state index contributed by atoms with van der Waals surface area (Å²) in [5, 5.41) is 4.63. The molecule has 0 fully saturated rings. The number of halogens is 1. The van der Waals surface area contributed by atoms with Crippen LogP contribution in [0.1, 0.15) is 21.7 Å². The van der Waals surface area contributed by atoms with Crippen molar-refractivity contribution in [2.45, 2.75) is 20.1 Å². The lowest BCUT2D eigenvalue weighted by Crippen LogP contribution is -2.12. The third-order valence-corrected chi connectivity index (χ3v) is 5.69. The van der Waals surface area contributed by atoms with E-state index in [1.54, 1.807) is 16.8 Å². The normalized spacial score (nSPS) is 10.8. The van der Waals surface area contributed by atoms with Crippen molar-refractivity contribution >= 4 is 33.9 Å². The highest BCUT2D eigenvalue weighted by molar-refractivity contribution is 9.10. The van der Waals surface area contributed by atoms with Gasteiger partial charge in [0.1, 0.15) is 18.9 Å². The van der Waals surface area contributed by atoms with Gasteiger partial charge in [-0.05, 0) is 55.5 Å². The van der Waals surface area contributed by atoms with Gasteiger partial charge >= 0.3 is 0 Å². The molecule has 0 atom stereocenters. The largest absolute Gasteiger partial charge is 0.486 e. The highest BCUT2D eigenvalue weighted by atomic mass is 79.9. The zero-order valence-corrected chi connectivity index (χ0v) is 19.3. The Kier molecular flexibility index (Phi) is 6.44. The van der Waals surface area contributed by atoms with Gasteiger partial charge in [-0.1, -0.05) is 64.0 Å². The molecule has 0 aliphatic heterocycles. The molecule has 0 N–H and O–H groups in total. The topological polar surface area (TPSA) is 49.0 Å². The van der Waals surface area contributed by atoms with Crippen molar-refractivity contribution in [2.75, 3.05) is 0 Å². The van der Waals surface area contributed by atoms with Crippen molar-refractivity contribution in [3.05, 3.63) is 105 Å². The molecule has 7 heteroatoms. The van der Waals surface area contributed by atoms with Crippen molar-refractivity contribution in [3.63, 3.8) is 0 Å². The Morgan fingerprint density at radius 1 is 1.00 bits per heavy atom. The fraction of sp³-hybridized carbons (Fsp3) is 0.125. The van der Waals surface area contributed by atoms with Crippen LogP contribution in [0.5, 0.6) is 5.75 Å². The zero-order chi connectivity index (χ0) is 21.8. The quantitative estimate of drug-likeness (QED) is 0.236. The van der Waals surface area contributed by atoms with Crippen LogP contribution in [0.4, 0.5) is 0 Å². The third-order valence-electron chi connectivity index (χ3n) is 4.77. The van der Waals surface area contributed by atoms with Crippen LogP contribution in [0.3, 0.4) is 0 Å². The molecule has 3 aromatic carbocycles. The van der Waals surface area contributed by atoms with Crippen LogP contribution in [-0.2, 0) is 13.2 Å². The molecule has 0 radical (unpaired) electrons. The number of ether oxygens (including phenoxy) is 1. The van der Waals surface area contributed by atoms with Gasteiger partial charge in [0.15, 0.2) is 11.6 Å². The fourth-order valence-corrected chi connectivity index (χ4v) is 3.71. The number of aryl methyl sites for hydroxylation is 1. The second kappa shape index (κ2) is 9.41. The molecular formula is C24H20BrN3O2S. The summed E-state index contributed by atoms with van der Waals surface area (Å²) in [5.41, 5.74) is 2.64. The van der Waals surface area contributed by atoms with Crippen molar-refractivity contribution in [3.8, 4) is 11.4 Å². The Morgan fingerprint density at radius 2 is 1.68 bits per heavy atom. The molecule has 0 aliphatic rings. The summed E-state index contributed by atoms with van der Waals surface area (Å²) in [5.74, 6) is 1.30. The maximum Gasteiger partial charge on any atom is 0.203 e. The summed E-state index contributed by atoms with van der Waals surface area (Å²) in [6.45, 7) is 2.31. The number of rotatable bonds is 7. The van der Waals surface area contributed by atoms with Crippen LogP contribution in [0.15, 0.2) is 83.3 Å². The molecule has 0 aliphatic carbocycles. The number of hydrogen-bond donors (Lipinski definition) is 0. The summed E-state index contributed by atoms with van der Waals surface area (Å²) >= 11 is 9.09. The molecule has 0 amide bonds. The van der Waals surface area contributed by atoms with E-state index in [0.717, 1.165) is 21.5 Å². The van der Waals surface area contributed by atoms with Gasteiger partial charge in [0, 0.05) is 15.7 Å². The standard InChI is InChI=1S/C24H20BrN3O2S/c1-17-7-13-20(14-8-17)28-23(16-30-21-5-3-2-4-6-21)26-27(24(28)31)15-22(29)18-9-11-19(25)12-10-18/h2-14H,15-16H2,1H3. The molecule has 0 unspecified atom stereocenters. The molecule has 5 nitrogen and oxygen atoms in total. The summed E-state index contributed by atoms with van der Waals surface area (Å²) in [6.07, 6.45) is 0. The lowest BCUT2D eigenvalue weighted by Gasteiger charge is -2.08. The van der Waals surface area contributed by atoms with E-state index in [2.05, 4.69) is 21.0 Å². The average molecular weight is 494 g/mol. The Hall–Kier alpha value is -3.03. The number of para-hydroxylation sites is 1. The summed E-state index contributed by atoms with van der Waals surface area (Å²) in [6, 6.07) is 24.8. The predicted octanol–water partition coefficient (Wildman–Crippen LogP) is 5.94. The average Bonchev–Trinajstić information content (AvgIpc) is 3.09. The van der Waals surface area contributed by atoms with Crippen LogP contribution in [0.25, 0.3) is 5.69 Å². The first kappa shape index (κ1) is 21.2. The number of carbonyl (C=O) groups excluding carboxylic acids is 1. The zero-order valence-electron chi connectivity index (χ0n) is 16.9. The first-order valence-electron chi connectivity index (χ1n) is 9.73. The molecule has 4 rings (SSSR count). The van der Waals surface area contributed by atoms with Gasteiger partial charge in [0.2, 0.25) is 4.77 Å². The molecule has 1 aromatic heterocycles. The van der Waals surface area contributed by atoms with Crippen LogP contribution >= 0.6 is 28.1 Å². The van der Waals surface area contributed by atoms with E-state index < -0.39 is 0 Å². The highest BCUT2D eigenvalue weighted by Crippen LogP contribution is 2.18. The van der Waals surface area contributed by atoms with Gasteiger partial charge in [-0.25, -0.2) is 4.68 Å². The molecule has 0 saturated carbocycles. The Labute approximate surface area is 194 Å². The molecule has 0 saturated heterocycles. The molecule has 1 heterocycles. The first-order valence-corrected chi connectivity index (χ1v) is 10.9. The summed E-state index contributed by atoms with van der Waals surface area (Å²) < 4.78 is 10.7. The summed E-state index contributed by atoms with van der Waals surface area (Å²) in [7, 11) is 0. The Bertz CT molecular complexity index is 1250. The van der Waals surface area contributed by atoms with Gasteiger partial charge in [0.05, 0.1) is 0 Å². The molecule has 4 aromatic rings. The van der Waals surface area contributed by atoms with E-state index in [-0.39, 0.29) is 18.9 Å². The number of nitrogens with zero attached hydrogens (tertiary/aromatic N) is 3. The van der Waals surface area contributed by atoms with E-state index in [1.807, 2.05) is 78.2 Å². The first-order chi connectivity index (χ1) is 15.0. The van der Waals surface area contributed by atoms with Gasteiger partial charge in [-0.2, -0.15) is 5.10 Å². The lowest BCUT2D eigenvalue weighted by atomic mass is 10.1. The van der Waals surface area contributed by atoms with Gasteiger partial charge in [0.25, 0.3) is 0 Å². The maximum atomic E-state index is 12.8. The van der Waals surface area contributed by atoms with Gasteiger partial charge < -0.3 is 4.74 Å². The Morgan fingerprint density at radius 3 is 2.35 bits per heavy atom. The van der Waals surface area contributed by atoms with Gasteiger partial charge in [-0.15, -0.1) is 0 Å². The van der Waals surface area contributed by atoms with E-state index in [1.165, 1.54) is 0 Å². The van der Waals surface area contributed by atoms with Crippen LogP contribution < -0.4 is 4.74 Å². The number of carbonyl (C=O) groups is 1. The number of benzene rings is 3. The second-order valence-corrected chi connectivity index (χ2v) is 8.34. The van der Waals surface area contributed by atoms with Crippen molar-refractivity contribution in [1.29, 1.82) is 0 Å². The highest BCUT2D eigenvalue weighted by Gasteiger charge is 2.16. The van der Waals surface area contributed by atoms with E-state index in [4.69, 9.17) is 17.0 Å². The van der Waals surface area contributed by atoms with Crippen molar-refractivity contribution in [2.24, 2.45) is 0 Å². The minimum absolute atomic E-state index is 0.0532. The van der Waals surface area contributed by atoms with Gasteiger partial charge in [-0.3, -0.25) is 9.36 Å². The van der Waals surface area contributed by atoms with E-state index >= 15 is 0 Å².